The molecule has 132 valence electrons. The Morgan fingerprint density at radius 1 is 1.36 bits per heavy atom. The molecule has 3 aromatic heterocycles. The van der Waals surface area contributed by atoms with Crippen LogP contribution in [0.5, 0.6) is 6.01 Å². The number of hydrogen-bond donors (Lipinski definition) is 2. The highest BCUT2D eigenvalue weighted by atomic mass is 35.5. The number of unbranched alkanes of at least 4 members (excludes halogenated alkanes) is 1. The zero-order chi connectivity index (χ0) is 17.8. The molecule has 0 aromatic carbocycles. The quantitative estimate of drug-likeness (QED) is 0.491. The van der Waals surface area contributed by atoms with E-state index in [4.69, 9.17) is 22.1 Å². The average Bonchev–Trinajstić information content (AvgIpc) is 2.93. The lowest BCUT2D eigenvalue weighted by molar-refractivity contribution is 0.286. The van der Waals surface area contributed by atoms with Crippen molar-refractivity contribution in [3.63, 3.8) is 0 Å². The Morgan fingerprint density at radius 3 is 2.88 bits per heavy atom. The first kappa shape index (κ1) is 17.2. The summed E-state index contributed by atoms with van der Waals surface area (Å²) in [5.74, 6) is 0.526. The van der Waals surface area contributed by atoms with E-state index in [2.05, 4.69) is 26.9 Å². The predicted octanol–water partition coefficient (Wildman–Crippen LogP) is 2.06. The molecule has 0 fully saturated rings. The van der Waals surface area contributed by atoms with Gasteiger partial charge >= 0.3 is 11.7 Å². The van der Waals surface area contributed by atoms with E-state index in [-0.39, 0.29) is 17.5 Å². The smallest absolute Gasteiger partial charge is 0.328 e. The van der Waals surface area contributed by atoms with Gasteiger partial charge in [-0.2, -0.15) is 9.97 Å². The van der Waals surface area contributed by atoms with E-state index in [9.17, 15) is 4.79 Å². The van der Waals surface area contributed by atoms with Crippen LogP contribution in [0.4, 0.5) is 5.82 Å². The molecule has 0 saturated carbocycles. The minimum absolute atomic E-state index is 0.168. The molecule has 0 aliphatic rings. The number of H-pyrrole nitrogens is 1. The summed E-state index contributed by atoms with van der Waals surface area (Å²) < 4.78 is 7.01. The van der Waals surface area contributed by atoms with Crippen LogP contribution >= 0.6 is 11.6 Å². The van der Waals surface area contributed by atoms with Crippen molar-refractivity contribution in [2.24, 2.45) is 0 Å². The number of nitrogens with two attached hydrogens (primary N) is 1. The maximum absolute atomic E-state index is 12.3. The second-order valence-corrected chi connectivity index (χ2v) is 5.87. The fraction of sp³-hybridized carbons (Fsp3) is 0.375. The van der Waals surface area contributed by atoms with Crippen molar-refractivity contribution < 1.29 is 4.74 Å². The Balaban J connectivity index is 1.95. The largest absolute Gasteiger partial charge is 0.463 e. The van der Waals surface area contributed by atoms with Crippen molar-refractivity contribution >= 4 is 28.6 Å². The molecule has 0 atom stereocenters. The van der Waals surface area contributed by atoms with Gasteiger partial charge in [-0.05, 0) is 18.1 Å². The standard InChI is InChI=1S/C16H19ClN6O2/c1-2-3-6-25-15-21-13(18)12-14(22-15)23(16(24)20-12)9-10-4-5-11(7-17)19-8-10/h4-5,8H,2-3,6-7,9H2,1H3,(H,20,24)(H2,18,21,22). The summed E-state index contributed by atoms with van der Waals surface area (Å²) in [6, 6.07) is 3.87. The molecule has 0 spiro atoms. The number of ether oxygens (including phenoxy) is 1. The summed E-state index contributed by atoms with van der Waals surface area (Å²) in [7, 11) is 0. The van der Waals surface area contributed by atoms with Gasteiger partial charge in [0.2, 0.25) is 0 Å². The number of alkyl halides is 1. The highest BCUT2D eigenvalue weighted by molar-refractivity contribution is 6.16. The van der Waals surface area contributed by atoms with Gasteiger partial charge in [-0.1, -0.05) is 19.4 Å². The predicted molar refractivity (Wildman–Crippen MR) is 95.9 cm³/mol. The molecule has 3 rings (SSSR count). The summed E-state index contributed by atoms with van der Waals surface area (Å²) in [5, 5.41) is 0. The minimum Gasteiger partial charge on any atom is -0.463 e. The Morgan fingerprint density at radius 2 is 2.20 bits per heavy atom. The van der Waals surface area contributed by atoms with E-state index >= 15 is 0 Å². The van der Waals surface area contributed by atoms with E-state index in [0.717, 1.165) is 24.1 Å². The molecular formula is C16H19ClN6O2. The molecule has 0 radical (unpaired) electrons. The van der Waals surface area contributed by atoms with Crippen LogP contribution in [0.2, 0.25) is 0 Å². The fourth-order valence-corrected chi connectivity index (χ4v) is 2.52. The normalized spacial score (nSPS) is 11.1. The number of hydrogen-bond acceptors (Lipinski definition) is 6. The third kappa shape index (κ3) is 3.74. The maximum Gasteiger partial charge on any atom is 0.328 e. The molecule has 0 aliphatic carbocycles. The number of pyridine rings is 1. The third-order valence-electron chi connectivity index (χ3n) is 3.72. The Bertz CT molecular complexity index is 919. The van der Waals surface area contributed by atoms with E-state index in [1.165, 1.54) is 4.57 Å². The lowest BCUT2D eigenvalue weighted by Crippen LogP contribution is -2.18. The molecule has 3 N–H and O–H groups in total. The van der Waals surface area contributed by atoms with Crippen LogP contribution in [-0.2, 0) is 12.4 Å². The van der Waals surface area contributed by atoms with E-state index < -0.39 is 0 Å². The first-order chi connectivity index (χ1) is 12.1. The summed E-state index contributed by atoms with van der Waals surface area (Å²) >= 11 is 5.74. The summed E-state index contributed by atoms with van der Waals surface area (Å²) in [4.78, 5) is 27.6. The average molecular weight is 363 g/mol. The summed E-state index contributed by atoms with van der Waals surface area (Å²) in [5.41, 5.74) is 8.05. The van der Waals surface area contributed by atoms with Crippen molar-refractivity contribution in [3.05, 3.63) is 40.1 Å². The summed E-state index contributed by atoms with van der Waals surface area (Å²) in [6.07, 6.45) is 3.57. The van der Waals surface area contributed by atoms with Gasteiger partial charge in [-0.15, -0.1) is 11.6 Å². The molecule has 3 heterocycles. The van der Waals surface area contributed by atoms with E-state index in [0.29, 0.717) is 30.2 Å². The Hall–Kier alpha value is -2.61. The first-order valence-corrected chi connectivity index (χ1v) is 8.54. The number of nitrogens with one attached hydrogen (secondary N) is 1. The van der Waals surface area contributed by atoms with Crippen molar-refractivity contribution in [1.82, 2.24) is 24.5 Å². The highest BCUT2D eigenvalue weighted by Gasteiger charge is 2.15. The molecule has 8 nitrogen and oxygen atoms in total. The summed E-state index contributed by atoms with van der Waals surface area (Å²) in [6.45, 7) is 2.87. The van der Waals surface area contributed by atoms with Crippen LogP contribution < -0.4 is 16.2 Å². The van der Waals surface area contributed by atoms with Crippen LogP contribution in [0.25, 0.3) is 11.2 Å². The van der Waals surface area contributed by atoms with Gasteiger partial charge in [0, 0.05) is 6.20 Å². The van der Waals surface area contributed by atoms with Gasteiger partial charge in [0.05, 0.1) is 24.7 Å². The highest BCUT2D eigenvalue weighted by Crippen LogP contribution is 2.18. The maximum atomic E-state index is 12.3. The lowest BCUT2D eigenvalue weighted by Gasteiger charge is -2.07. The number of anilines is 1. The van der Waals surface area contributed by atoms with Crippen LogP contribution in [0, 0.1) is 0 Å². The topological polar surface area (TPSA) is 112 Å². The van der Waals surface area contributed by atoms with Crippen LogP contribution in [0.15, 0.2) is 23.1 Å². The SMILES string of the molecule is CCCCOc1nc(N)c2[nH]c(=O)n(Cc3ccc(CCl)nc3)c2n1. The molecular weight excluding hydrogens is 344 g/mol. The fourth-order valence-electron chi connectivity index (χ4n) is 2.36. The van der Waals surface area contributed by atoms with Gasteiger partial charge in [0.25, 0.3) is 0 Å². The number of aromatic amines is 1. The molecule has 0 amide bonds. The van der Waals surface area contributed by atoms with Gasteiger partial charge in [-0.3, -0.25) is 9.55 Å². The van der Waals surface area contributed by atoms with Crippen molar-refractivity contribution in [3.8, 4) is 6.01 Å². The first-order valence-electron chi connectivity index (χ1n) is 8.01. The number of halogens is 1. The van der Waals surface area contributed by atoms with Crippen LogP contribution in [0.1, 0.15) is 31.0 Å². The monoisotopic (exact) mass is 362 g/mol. The number of rotatable bonds is 7. The third-order valence-corrected chi connectivity index (χ3v) is 4.00. The second-order valence-electron chi connectivity index (χ2n) is 5.60. The number of aromatic nitrogens is 5. The number of nitrogens with zero attached hydrogens (tertiary/aromatic N) is 4. The van der Waals surface area contributed by atoms with E-state index in [1.807, 2.05) is 12.1 Å². The van der Waals surface area contributed by atoms with Gasteiger partial charge in [0.15, 0.2) is 11.5 Å². The molecule has 0 bridgehead atoms. The van der Waals surface area contributed by atoms with Gasteiger partial charge < -0.3 is 15.5 Å². The number of fused-ring (bicyclic) bond motifs is 1. The molecule has 0 saturated heterocycles. The zero-order valence-electron chi connectivity index (χ0n) is 13.8. The second kappa shape index (κ2) is 7.52. The molecule has 9 heteroatoms. The van der Waals surface area contributed by atoms with Crippen molar-refractivity contribution in [2.75, 3.05) is 12.3 Å². The van der Waals surface area contributed by atoms with E-state index in [1.54, 1.807) is 6.20 Å². The molecule has 0 unspecified atom stereocenters. The van der Waals surface area contributed by atoms with Crippen molar-refractivity contribution in [2.45, 2.75) is 32.2 Å². The van der Waals surface area contributed by atoms with Crippen LogP contribution in [-0.4, -0.2) is 31.1 Å². The Labute approximate surface area is 149 Å². The molecule has 0 aliphatic heterocycles. The minimum atomic E-state index is -0.317. The lowest BCUT2D eigenvalue weighted by atomic mass is 10.2. The molecule has 3 aromatic rings. The van der Waals surface area contributed by atoms with Gasteiger partial charge in [0.1, 0.15) is 5.52 Å². The number of nitrogen functional groups attached to an aromatic ring is 1. The van der Waals surface area contributed by atoms with Crippen LogP contribution in [0.3, 0.4) is 0 Å². The molecule has 25 heavy (non-hydrogen) atoms. The number of imidazole rings is 1. The van der Waals surface area contributed by atoms with Crippen molar-refractivity contribution in [1.29, 1.82) is 0 Å². The van der Waals surface area contributed by atoms with Gasteiger partial charge in [-0.25, -0.2) is 4.79 Å². The zero-order valence-corrected chi connectivity index (χ0v) is 14.6. The Kier molecular flexibility index (Phi) is 5.18.